The molecule has 3 rings (SSSR count). The Morgan fingerprint density at radius 3 is 2.92 bits per heavy atom. The number of aliphatic hydroxyl groups excluding tert-OH is 1. The molecule has 0 unspecified atom stereocenters. The van der Waals surface area contributed by atoms with Crippen LogP contribution in [0.15, 0.2) is 24.3 Å². The predicted molar refractivity (Wildman–Crippen MR) is 97.0 cm³/mol. The Balaban J connectivity index is 1.56. The molecule has 1 aliphatic heterocycles. The first-order chi connectivity index (χ1) is 12.4. The van der Waals surface area contributed by atoms with Crippen LogP contribution in [0, 0.1) is 6.92 Å². The van der Waals surface area contributed by atoms with Crippen LogP contribution in [0.3, 0.4) is 0 Å². The quantitative estimate of drug-likeness (QED) is 0.851. The number of β-amino-alcohol motifs (C(OH)–C–C–N with tert-alkyl or cyclic N) is 1. The second kappa shape index (κ2) is 7.86. The lowest BCUT2D eigenvalue weighted by atomic mass is 10.0. The van der Waals surface area contributed by atoms with Crippen LogP contribution < -0.4 is 4.74 Å². The number of hydrogen-bond donors (Lipinski definition) is 2. The van der Waals surface area contributed by atoms with Crippen LogP contribution in [0.25, 0.3) is 0 Å². The molecule has 0 bridgehead atoms. The molecular weight excluding hydrogens is 332 g/mol. The number of nitrogens with zero attached hydrogens (tertiary/aromatic N) is 3. The van der Waals surface area contributed by atoms with Gasteiger partial charge in [-0.05, 0) is 30.5 Å². The number of likely N-dealkylation sites (tertiary alicyclic amines) is 1. The first-order valence-electron chi connectivity index (χ1n) is 9.02. The van der Waals surface area contributed by atoms with Gasteiger partial charge in [-0.2, -0.15) is 5.10 Å². The minimum Gasteiger partial charge on any atom is -0.488 e. The number of rotatable bonds is 5. The summed E-state index contributed by atoms with van der Waals surface area (Å²) in [6.07, 6.45) is -0.304. The molecule has 1 saturated heterocycles. The van der Waals surface area contributed by atoms with Crippen LogP contribution in [0.2, 0.25) is 0 Å². The Kier molecular flexibility index (Phi) is 5.56. The van der Waals surface area contributed by atoms with Gasteiger partial charge < -0.3 is 14.7 Å². The smallest absolute Gasteiger partial charge is 0.230 e. The Bertz CT molecular complexity index is 759. The number of ether oxygens (including phenoxy) is 1. The van der Waals surface area contributed by atoms with E-state index in [2.05, 4.69) is 35.1 Å². The van der Waals surface area contributed by atoms with Crippen molar-refractivity contribution in [3.05, 3.63) is 41.5 Å². The van der Waals surface area contributed by atoms with Crippen molar-refractivity contribution in [2.75, 3.05) is 13.1 Å². The van der Waals surface area contributed by atoms with Crippen molar-refractivity contribution in [1.29, 1.82) is 0 Å². The maximum absolute atomic E-state index is 12.4. The van der Waals surface area contributed by atoms with Crippen molar-refractivity contribution in [2.45, 2.75) is 51.7 Å². The number of piperidine rings is 1. The van der Waals surface area contributed by atoms with E-state index in [0.717, 1.165) is 5.75 Å². The summed E-state index contributed by atoms with van der Waals surface area (Å²) in [5.41, 5.74) is 1.20. The molecule has 7 nitrogen and oxygen atoms in total. The Morgan fingerprint density at radius 2 is 2.27 bits per heavy atom. The van der Waals surface area contributed by atoms with Gasteiger partial charge in [-0.15, -0.1) is 0 Å². The van der Waals surface area contributed by atoms with Crippen LogP contribution in [0.1, 0.15) is 43.4 Å². The molecule has 0 aliphatic carbocycles. The van der Waals surface area contributed by atoms with Crippen LogP contribution in [0.4, 0.5) is 0 Å². The van der Waals surface area contributed by atoms with E-state index >= 15 is 0 Å². The number of benzene rings is 1. The second-order valence-corrected chi connectivity index (χ2v) is 7.09. The highest BCUT2D eigenvalue weighted by atomic mass is 16.5. The molecule has 2 aromatic rings. The number of aromatic nitrogens is 3. The highest BCUT2D eigenvalue weighted by molar-refractivity contribution is 5.78. The average Bonchev–Trinajstić information content (AvgIpc) is 3.01. The fourth-order valence-corrected chi connectivity index (χ4v) is 3.11. The van der Waals surface area contributed by atoms with E-state index in [4.69, 9.17) is 4.74 Å². The van der Waals surface area contributed by atoms with E-state index in [1.807, 2.05) is 18.2 Å². The van der Waals surface area contributed by atoms with Crippen LogP contribution in [0.5, 0.6) is 5.75 Å². The molecule has 26 heavy (non-hydrogen) atoms. The van der Waals surface area contributed by atoms with Gasteiger partial charge in [0.2, 0.25) is 5.91 Å². The van der Waals surface area contributed by atoms with E-state index in [1.165, 1.54) is 5.56 Å². The molecule has 1 fully saturated rings. The standard InChI is InChI=1S/C19H26N4O3/c1-12(2)14-5-4-6-15(9-14)26-17-7-8-23(11-16(17)24)19(25)10-18-20-13(3)21-22-18/h4-6,9,12,16-17,24H,7-8,10-11H2,1-3H3,(H,20,21,22)/t16-,17-/m1/s1. The largest absolute Gasteiger partial charge is 0.488 e. The summed E-state index contributed by atoms with van der Waals surface area (Å²) in [6, 6.07) is 7.96. The van der Waals surface area contributed by atoms with Crippen molar-refractivity contribution in [3.8, 4) is 5.75 Å². The van der Waals surface area contributed by atoms with Crippen molar-refractivity contribution in [3.63, 3.8) is 0 Å². The molecule has 0 spiro atoms. The average molecular weight is 358 g/mol. The Hall–Kier alpha value is -2.41. The van der Waals surface area contributed by atoms with Crippen LogP contribution in [-0.4, -0.2) is 56.4 Å². The van der Waals surface area contributed by atoms with E-state index in [1.54, 1.807) is 11.8 Å². The number of amides is 1. The molecule has 1 amide bonds. The summed E-state index contributed by atoms with van der Waals surface area (Å²) in [7, 11) is 0. The molecule has 2 heterocycles. The molecule has 2 N–H and O–H groups in total. The lowest BCUT2D eigenvalue weighted by Gasteiger charge is -2.36. The zero-order chi connectivity index (χ0) is 18.7. The van der Waals surface area contributed by atoms with E-state index in [0.29, 0.717) is 30.5 Å². The van der Waals surface area contributed by atoms with Gasteiger partial charge in [-0.1, -0.05) is 26.0 Å². The summed E-state index contributed by atoms with van der Waals surface area (Å²) in [4.78, 5) is 18.2. The molecule has 140 valence electrons. The molecule has 1 aromatic heterocycles. The zero-order valence-corrected chi connectivity index (χ0v) is 15.5. The Morgan fingerprint density at radius 1 is 1.46 bits per heavy atom. The van der Waals surface area contributed by atoms with Gasteiger partial charge in [-0.25, -0.2) is 4.98 Å². The number of H-pyrrole nitrogens is 1. The van der Waals surface area contributed by atoms with Gasteiger partial charge in [0.15, 0.2) is 5.82 Å². The number of carbonyl (C=O) groups is 1. The number of carbonyl (C=O) groups excluding carboxylic acids is 1. The summed E-state index contributed by atoms with van der Waals surface area (Å²) < 4.78 is 5.99. The van der Waals surface area contributed by atoms with Crippen molar-refractivity contribution in [1.82, 2.24) is 20.1 Å². The number of aliphatic hydroxyl groups is 1. The first kappa shape index (κ1) is 18.4. The van der Waals surface area contributed by atoms with Gasteiger partial charge in [-0.3, -0.25) is 9.89 Å². The topological polar surface area (TPSA) is 91.3 Å². The van der Waals surface area contributed by atoms with Crippen molar-refractivity contribution in [2.24, 2.45) is 0 Å². The second-order valence-electron chi connectivity index (χ2n) is 7.09. The van der Waals surface area contributed by atoms with Gasteiger partial charge in [0.25, 0.3) is 0 Å². The third-order valence-electron chi connectivity index (χ3n) is 4.64. The maximum Gasteiger partial charge on any atom is 0.230 e. The summed E-state index contributed by atoms with van der Waals surface area (Å²) in [6.45, 7) is 6.87. The maximum atomic E-state index is 12.4. The summed E-state index contributed by atoms with van der Waals surface area (Å²) >= 11 is 0. The predicted octanol–water partition coefficient (Wildman–Crippen LogP) is 1.82. The summed E-state index contributed by atoms with van der Waals surface area (Å²) in [5.74, 6) is 2.26. The first-order valence-corrected chi connectivity index (χ1v) is 9.02. The minimum absolute atomic E-state index is 0.0803. The van der Waals surface area contributed by atoms with Gasteiger partial charge in [0.1, 0.15) is 23.8 Å². The third kappa shape index (κ3) is 4.40. The fraction of sp³-hybridized carbons (Fsp3) is 0.526. The third-order valence-corrected chi connectivity index (χ3v) is 4.64. The van der Waals surface area contributed by atoms with Gasteiger partial charge >= 0.3 is 0 Å². The molecule has 1 aliphatic rings. The Labute approximate surface area is 153 Å². The number of aryl methyl sites for hydroxylation is 1. The lowest BCUT2D eigenvalue weighted by Crippen LogP contribution is -2.51. The van der Waals surface area contributed by atoms with Crippen molar-refractivity contribution < 1.29 is 14.6 Å². The molecular formula is C19H26N4O3. The van der Waals surface area contributed by atoms with Crippen molar-refractivity contribution >= 4 is 5.91 Å². The minimum atomic E-state index is -0.718. The molecule has 2 atom stereocenters. The number of hydrogen-bond acceptors (Lipinski definition) is 5. The number of aromatic amines is 1. The molecule has 1 aromatic carbocycles. The van der Waals surface area contributed by atoms with Crippen LogP contribution in [-0.2, 0) is 11.2 Å². The SMILES string of the molecule is Cc1nc(CC(=O)N2CC[C@@H](Oc3cccc(C(C)C)c3)[C@H](O)C2)n[nH]1. The normalized spacial score (nSPS) is 20.4. The lowest BCUT2D eigenvalue weighted by molar-refractivity contribution is -0.136. The highest BCUT2D eigenvalue weighted by Gasteiger charge is 2.32. The van der Waals surface area contributed by atoms with E-state index in [9.17, 15) is 9.90 Å². The van der Waals surface area contributed by atoms with Crippen LogP contribution >= 0.6 is 0 Å². The van der Waals surface area contributed by atoms with E-state index < -0.39 is 6.10 Å². The van der Waals surface area contributed by atoms with E-state index in [-0.39, 0.29) is 25.0 Å². The number of nitrogens with one attached hydrogen (secondary N) is 1. The summed E-state index contributed by atoms with van der Waals surface area (Å²) in [5, 5.41) is 17.2. The van der Waals surface area contributed by atoms with Gasteiger partial charge in [0, 0.05) is 13.0 Å². The zero-order valence-electron chi connectivity index (χ0n) is 15.5. The molecule has 0 radical (unpaired) electrons. The molecule has 7 heteroatoms. The molecule has 0 saturated carbocycles. The monoisotopic (exact) mass is 358 g/mol. The fourth-order valence-electron chi connectivity index (χ4n) is 3.11. The van der Waals surface area contributed by atoms with Gasteiger partial charge in [0.05, 0.1) is 13.0 Å². The highest BCUT2D eigenvalue weighted by Crippen LogP contribution is 2.24.